The molecule has 96 valence electrons. The first-order valence-electron chi connectivity index (χ1n) is 5.65. The molecule has 19 heavy (non-hydrogen) atoms. The van der Waals surface area contributed by atoms with E-state index in [1.807, 2.05) is 6.07 Å². The first kappa shape index (κ1) is 11.9. The number of aryl methyl sites for hydroxylation is 1. The zero-order valence-corrected chi connectivity index (χ0v) is 10.8. The van der Waals surface area contributed by atoms with Crippen LogP contribution in [0.3, 0.4) is 0 Å². The Hall–Kier alpha value is -2.21. The monoisotopic (exact) mass is 275 g/mol. The van der Waals surface area contributed by atoms with Gasteiger partial charge < -0.3 is 5.32 Å². The molecule has 0 aliphatic heterocycles. The molecule has 1 aromatic carbocycles. The van der Waals surface area contributed by atoms with Crippen LogP contribution in [-0.2, 0) is 0 Å². The first-order chi connectivity index (χ1) is 9.16. The highest BCUT2D eigenvalue weighted by Gasteiger charge is 2.17. The highest BCUT2D eigenvalue weighted by Crippen LogP contribution is 2.32. The summed E-state index contributed by atoms with van der Waals surface area (Å²) >= 11 is 1.28. The molecule has 4 nitrogen and oxygen atoms in total. The Balaban J connectivity index is 2.03. The third kappa shape index (κ3) is 2.00. The molecule has 0 aliphatic rings. The van der Waals surface area contributed by atoms with E-state index < -0.39 is 0 Å². The molecule has 0 radical (unpaired) electrons. The number of carbonyl (C=O) groups excluding carboxylic acids is 1. The van der Waals surface area contributed by atoms with Gasteiger partial charge in [-0.15, -0.1) is 11.3 Å². The molecule has 0 saturated heterocycles. The standard InChI is InChI=1S/C13H10FN3OS/c1-7-11-8(14)3-2-4-9(11)19-12(7)13(18)16-10-5-6-15-17-10/h2-6H,1H3,(H2,15,16,17,18). The van der Waals surface area contributed by atoms with Gasteiger partial charge in [0.15, 0.2) is 0 Å². The number of thiophene rings is 1. The molecule has 2 N–H and O–H groups in total. The fourth-order valence-electron chi connectivity index (χ4n) is 1.97. The molecule has 0 unspecified atom stereocenters. The quantitative estimate of drug-likeness (QED) is 0.753. The van der Waals surface area contributed by atoms with Crippen molar-refractivity contribution < 1.29 is 9.18 Å². The van der Waals surface area contributed by atoms with Gasteiger partial charge in [0.1, 0.15) is 11.6 Å². The fraction of sp³-hybridized carbons (Fsp3) is 0.0769. The van der Waals surface area contributed by atoms with Gasteiger partial charge in [-0.2, -0.15) is 5.10 Å². The Morgan fingerprint density at radius 2 is 2.26 bits per heavy atom. The summed E-state index contributed by atoms with van der Waals surface area (Å²) in [5.41, 5.74) is 0.662. The number of benzene rings is 1. The number of H-pyrrole nitrogens is 1. The summed E-state index contributed by atoms with van der Waals surface area (Å²) < 4.78 is 14.5. The molecule has 0 spiro atoms. The van der Waals surface area contributed by atoms with Gasteiger partial charge in [0.2, 0.25) is 0 Å². The van der Waals surface area contributed by atoms with Crippen molar-refractivity contribution in [1.29, 1.82) is 0 Å². The predicted molar refractivity (Wildman–Crippen MR) is 73.1 cm³/mol. The number of amides is 1. The molecule has 0 aliphatic carbocycles. The second-order valence-corrected chi connectivity index (χ2v) is 5.15. The summed E-state index contributed by atoms with van der Waals surface area (Å²) in [4.78, 5) is 12.7. The number of nitrogens with zero attached hydrogens (tertiary/aromatic N) is 1. The number of fused-ring (bicyclic) bond motifs is 1. The Morgan fingerprint density at radius 1 is 1.42 bits per heavy atom. The smallest absolute Gasteiger partial charge is 0.267 e. The lowest BCUT2D eigenvalue weighted by Crippen LogP contribution is -2.11. The zero-order chi connectivity index (χ0) is 13.4. The summed E-state index contributed by atoms with van der Waals surface area (Å²) in [7, 11) is 0. The van der Waals surface area contributed by atoms with E-state index >= 15 is 0 Å². The maximum atomic E-state index is 13.8. The maximum absolute atomic E-state index is 13.8. The zero-order valence-electron chi connectivity index (χ0n) is 10.0. The van der Waals surface area contributed by atoms with E-state index in [-0.39, 0.29) is 11.7 Å². The summed E-state index contributed by atoms with van der Waals surface area (Å²) in [5.74, 6) is -0.0449. The van der Waals surface area contributed by atoms with Crippen molar-refractivity contribution in [1.82, 2.24) is 10.2 Å². The van der Waals surface area contributed by atoms with Gasteiger partial charge >= 0.3 is 0 Å². The van der Waals surface area contributed by atoms with Gasteiger partial charge in [0, 0.05) is 16.2 Å². The topological polar surface area (TPSA) is 57.8 Å². The van der Waals surface area contributed by atoms with Crippen molar-refractivity contribution in [3.05, 3.63) is 46.7 Å². The molecule has 3 rings (SSSR count). The number of halogens is 1. The van der Waals surface area contributed by atoms with Gasteiger partial charge in [-0.1, -0.05) is 6.07 Å². The number of hydrogen-bond donors (Lipinski definition) is 2. The van der Waals surface area contributed by atoms with Crippen molar-refractivity contribution in [2.24, 2.45) is 0 Å². The second-order valence-electron chi connectivity index (χ2n) is 4.09. The fourth-order valence-corrected chi connectivity index (χ4v) is 3.09. The van der Waals surface area contributed by atoms with Crippen molar-refractivity contribution in [2.45, 2.75) is 6.92 Å². The van der Waals surface area contributed by atoms with Crippen molar-refractivity contribution in [3.63, 3.8) is 0 Å². The third-order valence-electron chi connectivity index (χ3n) is 2.86. The Labute approximate surface area is 112 Å². The van der Waals surface area contributed by atoms with Crippen molar-refractivity contribution in [2.75, 3.05) is 5.32 Å². The van der Waals surface area contributed by atoms with E-state index in [0.717, 1.165) is 4.70 Å². The Bertz CT molecular complexity index is 749. The molecule has 6 heteroatoms. The summed E-state index contributed by atoms with van der Waals surface area (Å²) in [6.07, 6.45) is 1.55. The van der Waals surface area contributed by atoms with E-state index in [4.69, 9.17) is 0 Å². The highest BCUT2D eigenvalue weighted by molar-refractivity contribution is 7.21. The van der Waals surface area contributed by atoms with Crippen molar-refractivity contribution in [3.8, 4) is 0 Å². The Kier molecular flexibility index (Phi) is 2.79. The average Bonchev–Trinajstić information content (AvgIpc) is 2.98. The highest BCUT2D eigenvalue weighted by atomic mass is 32.1. The molecular weight excluding hydrogens is 265 g/mol. The molecule has 0 bridgehead atoms. The van der Waals surface area contributed by atoms with Gasteiger partial charge in [-0.05, 0) is 24.6 Å². The van der Waals surface area contributed by atoms with Gasteiger partial charge in [0.05, 0.1) is 11.1 Å². The van der Waals surface area contributed by atoms with Crippen LogP contribution in [0.25, 0.3) is 10.1 Å². The van der Waals surface area contributed by atoms with E-state index in [1.165, 1.54) is 17.4 Å². The van der Waals surface area contributed by atoms with Gasteiger partial charge in [0.25, 0.3) is 5.91 Å². The summed E-state index contributed by atoms with van der Waals surface area (Å²) in [5, 5.41) is 9.61. The molecular formula is C13H10FN3OS. The molecule has 1 amide bonds. The maximum Gasteiger partial charge on any atom is 0.267 e. The van der Waals surface area contributed by atoms with Crippen LogP contribution in [0.5, 0.6) is 0 Å². The van der Waals surface area contributed by atoms with Crippen molar-refractivity contribution >= 4 is 33.1 Å². The lowest BCUT2D eigenvalue weighted by molar-refractivity contribution is 0.102. The number of nitrogens with one attached hydrogen (secondary N) is 2. The largest absolute Gasteiger partial charge is 0.306 e. The summed E-state index contributed by atoms with van der Waals surface area (Å²) in [6.45, 7) is 1.75. The molecule has 2 aromatic heterocycles. The number of anilines is 1. The van der Waals surface area contributed by atoms with Crippen LogP contribution in [0.4, 0.5) is 10.2 Å². The first-order valence-corrected chi connectivity index (χ1v) is 6.47. The Morgan fingerprint density at radius 3 is 2.95 bits per heavy atom. The normalized spacial score (nSPS) is 10.8. The van der Waals surface area contributed by atoms with Crippen LogP contribution >= 0.6 is 11.3 Å². The number of hydrogen-bond acceptors (Lipinski definition) is 3. The lowest BCUT2D eigenvalue weighted by Gasteiger charge is -2.00. The molecule has 0 saturated carbocycles. The van der Waals surface area contributed by atoms with Crippen LogP contribution in [0, 0.1) is 12.7 Å². The lowest BCUT2D eigenvalue weighted by atomic mass is 10.1. The van der Waals surface area contributed by atoms with Crippen LogP contribution in [0.1, 0.15) is 15.2 Å². The van der Waals surface area contributed by atoms with Crippen LogP contribution < -0.4 is 5.32 Å². The summed E-state index contributed by atoms with van der Waals surface area (Å²) in [6, 6.07) is 6.51. The van der Waals surface area contributed by atoms with E-state index in [9.17, 15) is 9.18 Å². The minimum Gasteiger partial charge on any atom is -0.306 e. The van der Waals surface area contributed by atoms with Gasteiger partial charge in [-0.25, -0.2) is 4.39 Å². The second kappa shape index (κ2) is 4.47. The molecule has 2 heterocycles. The molecule has 3 aromatic rings. The van der Waals surface area contributed by atoms with E-state index in [2.05, 4.69) is 15.5 Å². The predicted octanol–water partition coefficient (Wildman–Crippen LogP) is 3.32. The number of carbonyl (C=O) groups is 1. The minimum atomic E-state index is -0.299. The average molecular weight is 275 g/mol. The van der Waals surface area contributed by atoms with E-state index in [1.54, 1.807) is 25.3 Å². The van der Waals surface area contributed by atoms with Crippen LogP contribution in [0.15, 0.2) is 30.5 Å². The molecule has 0 atom stereocenters. The third-order valence-corrected chi connectivity index (χ3v) is 4.11. The molecule has 0 fully saturated rings. The minimum absolute atomic E-state index is 0.262. The van der Waals surface area contributed by atoms with Crippen LogP contribution in [-0.4, -0.2) is 16.1 Å². The number of rotatable bonds is 2. The van der Waals surface area contributed by atoms with E-state index in [0.29, 0.717) is 21.6 Å². The van der Waals surface area contributed by atoms with Gasteiger partial charge in [-0.3, -0.25) is 9.89 Å². The van der Waals surface area contributed by atoms with Crippen LogP contribution in [0.2, 0.25) is 0 Å². The SMILES string of the molecule is Cc1c(C(=O)Nc2ccn[nH]2)sc2cccc(F)c12. The number of aromatic amines is 1. The number of aromatic nitrogens is 2.